The zero-order valence-electron chi connectivity index (χ0n) is 43.1. The number of nitrogens with zero attached hydrogens (tertiary/aromatic N) is 4. The Bertz CT molecular complexity index is 2830. The van der Waals surface area contributed by atoms with E-state index in [1.54, 1.807) is 53.5 Å². The smallest absolute Gasteiger partial charge is 0.270 e. The number of ketones is 1. The van der Waals surface area contributed by atoms with Crippen LogP contribution in [0.5, 0.6) is 0 Å². The minimum absolute atomic E-state index is 0.00502. The molecule has 4 amide bonds. The number of rotatable bonds is 26. The van der Waals surface area contributed by atoms with Gasteiger partial charge < -0.3 is 31.3 Å². The van der Waals surface area contributed by atoms with Crippen LogP contribution >= 0.6 is 46.4 Å². The van der Waals surface area contributed by atoms with E-state index in [2.05, 4.69) is 48.3 Å². The summed E-state index contributed by atoms with van der Waals surface area (Å²) in [6.07, 6.45) is 14.1. The summed E-state index contributed by atoms with van der Waals surface area (Å²) in [4.78, 5) is 79.4. The van der Waals surface area contributed by atoms with Crippen LogP contribution in [0.25, 0.3) is 12.2 Å². The van der Waals surface area contributed by atoms with Crippen molar-refractivity contribution in [3.05, 3.63) is 168 Å². The lowest BCUT2D eigenvalue weighted by Gasteiger charge is -2.33. The number of β-amino-alcohol motifs (C(OH)–C–C–N with tert-alkyl or cyclic N) is 1. The number of piperidine rings is 1. The van der Waals surface area contributed by atoms with Crippen LogP contribution in [0.1, 0.15) is 103 Å². The number of fused-ring (bicyclic) bond motifs is 1. The number of amides is 4. The second-order valence-corrected chi connectivity index (χ2v) is 21.2. The molecule has 1 aromatic heterocycles. The molecule has 77 heavy (non-hydrogen) atoms. The highest BCUT2D eigenvalue weighted by Gasteiger charge is 2.34. The van der Waals surface area contributed by atoms with Crippen molar-refractivity contribution in [2.45, 2.75) is 95.7 Å². The largest absolute Gasteiger partial charge is 0.390 e. The molecular weight excluding hydrogens is 1060 g/mol. The summed E-state index contributed by atoms with van der Waals surface area (Å²) in [6.45, 7) is 2.74. The van der Waals surface area contributed by atoms with E-state index in [9.17, 15) is 29.1 Å². The molecule has 5 aromatic rings. The van der Waals surface area contributed by atoms with Gasteiger partial charge in [-0.2, -0.15) is 0 Å². The van der Waals surface area contributed by atoms with Gasteiger partial charge in [0.1, 0.15) is 23.9 Å². The number of anilines is 1. The van der Waals surface area contributed by atoms with Crippen LogP contribution in [0.15, 0.2) is 115 Å². The standard InChI is InChI=1S/C59H66Cl4N8O6/c60-48-22-20-41(29-50(48)62)27-45-36-71(37-46(57(45)75)28-42-21-23-49(61)51(63)30-42)59(77)53(31-40-15-9-8-10-16-40)69-55(73)19-11-6-4-2-1-3-5-7-14-25-64-56(74)34-65-54-32-52(67-39-68-54)58(76)66-33-47(72)38-70-26-24-43-17-12-13-18-44(43)35-70/h8-10,12-13,15-18,20-23,27-30,32,39,47,53,72H,1-7,11,14,19,24-26,31,33-38H2,(H,64,74)(H,66,76)(H,69,73)(H,65,67,68). The number of halogens is 4. The molecule has 0 radical (unpaired) electrons. The first kappa shape index (κ1) is 58.6. The number of aromatic nitrogens is 2. The molecule has 0 spiro atoms. The van der Waals surface area contributed by atoms with E-state index < -0.39 is 18.1 Å². The third-order valence-electron chi connectivity index (χ3n) is 13.5. The van der Waals surface area contributed by atoms with Crippen LogP contribution in [-0.4, -0.2) is 112 Å². The Balaban J connectivity index is 0.776. The van der Waals surface area contributed by atoms with Gasteiger partial charge in [-0.15, -0.1) is 0 Å². The molecule has 2 atom stereocenters. The van der Waals surface area contributed by atoms with E-state index >= 15 is 0 Å². The number of likely N-dealkylation sites (tertiary alicyclic amines) is 1. The van der Waals surface area contributed by atoms with Crippen LogP contribution in [0.4, 0.5) is 5.82 Å². The molecule has 3 heterocycles. The van der Waals surface area contributed by atoms with Gasteiger partial charge in [-0.1, -0.05) is 158 Å². The number of unbranched alkanes of at least 4 members (excludes halogenated alkanes) is 8. The molecule has 0 saturated carbocycles. The molecule has 5 N–H and O–H groups in total. The number of benzene rings is 4. The average Bonchev–Trinajstić information content (AvgIpc) is 3.43. The molecule has 7 rings (SSSR count). The van der Waals surface area contributed by atoms with Gasteiger partial charge in [0.15, 0.2) is 5.78 Å². The van der Waals surface area contributed by atoms with Crippen molar-refractivity contribution in [3.8, 4) is 0 Å². The normalized spacial score (nSPS) is 15.4. The SMILES string of the molecule is O=C(CNc1cc(C(=O)NCC(O)CN2CCc3ccccc3C2)ncn1)NCCCCCCCCCCCC(=O)NC(Cc1ccccc1)C(=O)N1CC(=Cc2ccc(Cl)c(Cl)c2)C(=O)C(=Cc2ccc(Cl)c(Cl)c2)C1. The minimum atomic E-state index is -0.873. The van der Waals surface area contributed by atoms with E-state index in [4.69, 9.17) is 46.4 Å². The van der Waals surface area contributed by atoms with E-state index in [0.29, 0.717) is 67.7 Å². The van der Waals surface area contributed by atoms with Crippen molar-refractivity contribution in [2.24, 2.45) is 0 Å². The van der Waals surface area contributed by atoms with E-state index in [0.717, 1.165) is 76.4 Å². The van der Waals surface area contributed by atoms with Crippen LogP contribution in [-0.2, 0) is 38.6 Å². The Labute approximate surface area is 471 Å². The molecule has 406 valence electrons. The van der Waals surface area contributed by atoms with Gasteiger partial charge in [-0.25, -0.2) is 9.97 Å². The van der Waals surface area contributed by atoms with Gasteiger partial charge in [0.05, 0.1) is 32.7 Å². The lowest BCUT2D eigenvalue weighted by Crippen LogP contribution is -2.52. The third kappa shape index (κ3) is 18.8. The molecular formula is C59H66Cl4N8O6. The van der Waals surface area contributed by atoms with E-state index in [1.165, 1.54) is 23.5 Å². The average molecular weight is 1130 g/mol. The summed E-state index contributed by atoms with van der Waals surface area (Å²) >= 11 is 25.0. The summed E-state index contributed by atoms with van der Waals surface area (Å²) < 4.78 is 0. The number of hydrogen-bond acceptors (Lipinski definition) is 10. The fourth-order valence-corrected chi connectivity index (χ4v) is 10.0. The van der Waals surface area contributed by atoms with Crippen molar-refractivity contribution in [1.29, 1.82) is 0 Å². The van der Waals surface area contributed by atoms with Crippen LogP contribution in [0.3, 0.4) is 0 Å². The second-order valence-electron chi connectivity index (χ2n) is 19.6. The highest BCUT2D eigenvalue weighted by Crippen LogP contribution is 2.29. The fourth-order valence-electron chi connectivity index (χ4n) is 9.40. The highest BCUT2D eigenvalue weighted by atomic mass is 35.5. The van der Waals surface area contributed by atoms with E-state index in [-0.39, 0.29) is 68.2 Å². The maximum Gasteiger partial charge on any atom is 0.270 e. The molecule has 0 aliphatic carbocycles. The number of Topliss-reactive ketones (excluding diaryl/α,β-unsaturated/α-hetero) is 1. The summed E-state index contributed by atoms with van der Waals surface area (Å²) in [6, 6.07) is 28.6. The van der Waals surface area contributed by atoms with Crippen molar-refractivity contribution in [3.63, 3.8) is 0 Å². The maximum atomic E-state index is 14.5. The zero-order valence-corrected chi connectivity index (χ0v) is 46.1. The first-order chi connectivity index (χ1) is 37.3. The van der Waals surface area contributed by atoms with Crippen molar-refractivity contribution >= 4 is 93.8 Å². The highest BCUT2D eigenvalue weighted by molar-refractivity contribution is 6.42. The molecule has 4 aromatic carbocycles. The predicted molar refractivity (Wildman–Crippen MR) is 306 cm³/mol. The van der Waals surface area contributed by atoms with Crippen LogP contribution in [0, 0.1) is 0 Å². The van der Waals surface area contributed by atoms with Gasteiger partial charge in [-0.05, 0) is 83.5 Å². The number of hydrogen-bond donors (Lipinski definition) is 5. The van der Waals surface area contributed by atoms with Crippen molar-refractivity contribution < 1.29 is 29.1 Å². The lowest BCUT2D eigenvalue weighted by molar-refractivity contribution is -0.136. The molecule has 0 bridgehead atoms. The van der Waals surface area contributed by atoms with Crippen molar-refractivity contribution in [1.82, 2.24) is 35.7 Å². The Hall–Kier alpha value is -6.13. The van der Waals surface area contributed by atoms with Crippen molar-refractivity contribution in [2.75, 3.05) is 51.1 Å². The Kier molecular flexibility index (Phi) is 22.9. The quantitative estimate of drug-likeness (QED) is 0.0264. The molecule has 2 unspecified atom stereocenters. The van der Waals surface area contributed by atoms with Gasteiger partial charge >= 0.3 is 0 Å². The topological polar surface area (TPSA) is 186 Å². The molecule has 1 fully saturated rings. The first-order valence-corrected chi connectivity index (χ1v) is 27.8. The molecule has 1 saturated heterocycles. The molecule has 2 aliphatic rings. The Morgan fingerprint density at radius 2 is 1.27 bits per heavy atom. The summed E-state index contributed by atoms with van der Waals surface area (Å²) in [5.74, 6) is -1.02. The number of carbonyl (C=O) groups is 5. The number of nitrogens with one attached hydrogen (secondary N) is 4. The van der Waals surface area contributed by atoms with Gasteiger partial charge in [0.25, 0.3) is 5.91 Å². The fraction of sp³-hybridized carbons (Fsp3) is 0.373. The van der Waals surface area contributed by atoms with Gasteiger partial charge in [-0.3, -0.25) is 28.9 Å². The second kappa shape index (κ2) is 30.1. The lowest BCUT2D eigenvalue weighted by atomic mass is 9.93. The zero-order chi connectivity index (χ0) is 54.5. The maximum absolute atomic E-state index is 14.5. The van der Waals surface area contributed by atoms with Crippen LogP contribution in [0.2, 0.25) is 20.1 Å². The van der Waals surface area contributed by atoms with Gasteiger partial charge in [0, 0.05) is 75.9 Å². The predicted octanol–water partition coefficient (Wildman–Crippen LogP) is 9.97. The Morgan fingerprint density at radius 1 is 0.662 bits per heavy atom. The molecule has 18 heteroatoms. The minimum Gasteiger partial charge on any atom is -0.390 e. The molecule has 14 nitrogen and oxygen atoms in total. The first-order valence-electron chi connectivity index (χ1n) is 26.3. The van der Waals surface area contributed by atoms with Gasteiger partial charge in [0.2, 0.25) is 17.7 Å². The summed E-state index contributed by atoms with van der Waals surface area (Å²) in [5, 5.41) is 23.7. The third-order valence-corrected chi connectivity index (χ3v) is 15.0. The summed E-state index contributed by atoms with van der Waals surface area (Å²) in [7, 11) is 0. The Morgan fingerprint density at radius 3 is 1.92 bits per heavy atom. The summed E-state index contributed by atoms with van der Waals surface area (Å²) in [5.41, 5.74) is 5.67. The molecule has 2 aliphatic heterocycles. The van der Waals surface area contributed by atoms with Crippen LogP contribution < -0.4 is 21.3 Å². The number of aliphatic hydroxyl groups excluding tert-OH is 1. The van der Waals surface area contributed by atoms with E-state index in [1.807, 2.05) is 42.5 Å². The number of aliphatic hydroxyl groups is 1. The monoisotopic (exact) mass is 1120 g/mol. The number of carbonyl (C=O) groups excluding carboxylic acids is 5.